The predicted molar refractivity (Wildman–Crippen MR) is 126 cm³/mol. The van der Waals surface area contributed by atoms with Gasteiger partial charge in [0.05, 0.1) is 24.9 Å². The Balaban J connectivity index is 1.50. The van der Waals surface area contributed by atoms with E-state index in [1.54, 1.807) is 24.4 Å². The number of alkyl halides is 3. The minimum Gasteiger partial charge on any atom is -0.494 e. The number of anilines is 2. The van der Waals surface area contributed by atoms with E-state index in [1.165, 1.54) is 18.2 Å². The second kappa shape index (κ2) is 10.3. The highest BCUT2D eigenvalue weighted by Crippen LogP contribution is 2.34. The molecule has 1 aliphatic rings. The lowest BCUT2D eigenvalue weighted by atomic mass is 9.98. The average molecular weight is 473 g/mol. The van der Waals surface area contributed by atoms with E-state index < -0.39 is 13.0 Å². The maximum Gasteiger partial charge on any atom is 0.522 e. The summed E-state index contributed by atoms with van der Waals surface area (Å²) >= 11 is 0. The van der Waals surface area contributed by atoms with Crippen LogP contribution in [0, 0.1) is 0 Å². The van der Waals surface area contributed by atoms with Crippen molar-refractivity contribution in [3.05, 3.63) is 60.3 Å². The molecule has 2 aromatic carbocycles. The highest BCUT2D eigenvalue weighted by molar-refractivity contribution is 5.95. The van der Waals surface area contributed by atoms with Crippen LogP contribution in [-0.4, -0.2) is 56.7 Å². The largest absolute Gasteiger partial charge is 0.522 e. The van der Waals surface area contributed by atoms with Crippen molar-refractivity contribution in [2.75, 3.05) is 45.8 Å². The van der Waals surface area contributed by atoms with E-state index in [-0.39, 0.29) is 6.61 Å². The van der Waals surface area contributed by atoms with Crippen LogP contribution in [0.5, 0.6) is 11.5 Å². The molecule has 0 amide bonds. The van der Waals surface area contributed by atoms with E-state index in [4.69, 9.17) is 9.47 Å². The van der Waals surface area contributed by atoms with Gasteiger partial charge in [0.1, 0.15) is 18.1 Å². The number of rotatable bonds is 8. The normalized spacial score (nSPS) is 14.7. The van der Waals surface area contributed by atoms with Gasteiger partial charge in [0.25, 0.3) is 0 Å². The van der Waals surface area contributed by atoms with E-state index in [9.17, 15) is 13.2 Å². The first-order valence-corrected chi connectivity index (χ1v) is 10.9. The number of nitrogens with zero attached hydrogens (tertiary/aromatic N) is 2. The van der Waals surface area contributed by atoms with Crippen LogP contribution in [0.3, 0.4) is 0 Å². The number of benzene rings is 2. The molecule has 3 aromatic rings. The zero-order valence-electron chi connectivity index (χ0n) is 19.0. The Bertz CT molecular complexity index is 1180. The Hall–Kier alpha value is -3.30. The molecule has 6 nitrogen and oxygen atoms in total. The lowest BCUT2D eigenvalue weighted by molar-refractivity contribution is -0.325. The molecule has 0 unspecified atom stereocenters. The first-order chi connectivity index (χ1) is 16.3. The van der Waals surface area contributed by atoms with Gasteiger partial charge in [-0.2, -0.15) is 0 Å². The van der Waals surface area contributed by atoms with Gasteiger partial charge >= 0.3 is 6.36 Å². The van der Waals surface area contributed by atoms with Crippen LogP contribution in [-0.2, 0) is 4.74 Å². The molecule has 1 aliphatic heterocycles. The molecule has 9 heteroatoms. The van der Waals surface area contributed by atoms with Gasteiger partial charge in [0.2, 0.25) is 0 Å². The number of ether oxygens (including phenoxy) is 3. The summed E-state index contributed by atoms with van der Waals surface area (Å²) in [5.41, 5.74) is 4.94. The first kappa shape index (κ1) is 23.8. The van der Waals surface area contributed by atoms with Crippen LogP contribution in [0.15, 0.2) is 54.7 Å². The maximum absolute atomic E-state index is 12.1. The maximum atomic E-state index is 12.1. The summed E-state index contributed by atoms with van der Waals surface area (Å²) < 4.78 is 50.8. The van der Waals surface area contributed by atoms with Crippen molar-refractivity contribution in [1.29, 1.82) is 0 Å². The number of fused-ring (bicyclic) bond motifs is 1. The van der Waals surface area contributed by atoms with E-state index in [0.717, 1.165) is 36.1 Å². The molecule has 0 saturated carbocycles. The monoisotopic (exact) mass is 473 g/mol. The number of pyridine rings is 1. The number of halogens is 3. The van der Waals surface area contributed by atoms with Crippen molar-refractivity contribution >= 4 is 27.9 Å². The van der Waals surface area contributed by atoms with Crippen LogP contribution in [0.4, 0.5) is 24.5 Å². The van der Waals surface area contributed by atoms with Gasteiger partial charge in [0.15, 0.2) is 0 Å². The van der Waals surface area contributed by atoms with E-state index in [0.29, 0.717) is 17.2 Å². The Labute approximate surface area is 195 Å². The number of nitrogens with one attached hydrogen (secondary N) is 1. The minimum absolute atomic E-state index is 0.237. The van der Waals surface area contributed by atoms with Crippen molar-refractivity contribution in [2.45, 2.75) is 12.8 Å². The smallest absolute Gasteiger partial charge is 0.494 e. The third kappa shape index (κ3) is 5.98. The molecule has 0 spiro atoms. The molecule has 1 N–H and O–H groups in total. The van der Waals surface area contributed by atoms with Gasteiger partial charge in [-0.05, 0) is 48.9 Å². The van der Waals surface area contributed by atoms with Gasteiger partial charge in [-0.25, -0.2) is 0 Å². The Morgan fingerprint density at radius 2 is 1.91 bits per heavy atom. The van der Waals surface area contributed by atoms with Crippen molar-refractivity contribution in [1.82, 2.24) is 9.88 Å². The number of likely N-dealkylation sites (N-methyl/N-ethyl adjacent to an activating group) is 1. The summed E-state index contributed by atoms with van der Waals surface area (Å²) in [5.74, 6) is 0.871. The first-order valence-electron chi connectivity index (χ1n) is 10.9. The zero-order chi connectivity index (χ0) is 24.1. The molecular formula is C25H26F3N3O3. The molecule has 0 bridgehead atoms. The molecule has 0 radical (unpaired) electrons. The van der Waals surface area contributed by atoms with Crippen molar-refractivity contribution in [3.8, 4) is 11.5 Å². The fraction of sp³-hybridized carbons (Fsp3) is 0.320. The third-order valence-corrected chi connectivity index (χ3v) is 5.59. The minimum atomic E-state index is -4.67. The molecule has 0 aliphatic carbocycles. The second-order valence-corrected chi connectivity index (χ2v) is 7.96. The topological polar surface area (TPSA) is 55.9 Å². The predicted octanol–water partition coefficient (Wildman–Crippen LogP) is 5.62. The summed E-state index contributed by atoms with van der Waals surface area (Å²) in [6.07, 6.45) is 0.347. The van der Waals surface area contributed by atoms with Gasteiger partial charge < -0.3 is 19.7 Å². The Morgan fingerprint density at radius 1 is 1.06 bits per heavy atom. The van der Waals surface area contributed by atoms with Crippen LogP contribution < -0.4 is 14.8 Å². The second-order valence-electron chi connectivity index (χ2n) is 7.96. The number of methoxy groups -OCH3 is 1. The lowest BCUT2D eigenvalue weighted by Gasteiger charge is -2.22. The highest BCUT2D eigenvalue weighted by Gasteiger charge is 2.28. The molecule has 34 heavy (non-hydrogen) atoms. The van der Waals surface area contributed by atoms with Crippen molar-refractivity contribution in [3.63, 3.8) is 0 Å². The standard InChI is InChI=1S/C25H26F3N3O3/c1-31-11-8-17(9-12-31)18-3-5-20-21(7-10-29-23(20)15-18)30-22-6-4-19(16-24(22)32-2)33-13-14-34-25(26,27)28/h3-8,10,15-16H,9,11-14H2,1-2H3,(H,29,30). The van der Waals surface area contributed by atoms with Crippen molar-refractivity contribution in [2.24, 2.45) is 0 Å². The molecule has 0 saturated heterocycles. The van der Waals surface area contributed by atoms with Crippen LogP contribution in [0.2, 0.25) is 0 Å². The van der Waals surface area contributed by atoms with Crippen LogP contribution >= 0.6 is 0 Å². The molecule has 2 heterocycles. The third-order valence-electron chi connectivity index (χ3n) is 5.59. The van der Waals surface area contributed by atoms with Crippen molar-refractivity contribution < 1.29 is 27.4 Å². The summed E-state index contributed by atoms with van der Waals surface area (Å²) in [6, 6.07) is 13.2. The Kier molecular flexibility index (Phi) is 7.23. The van der Waals surface area contributed by atoms with Gasteiger partial charge in [-0.1, -0.05) is 18.2 Å². The average Bonchev–Trinajstić information content (AvgIpc) is 2.82. The molecule has 180 valence electrons. The quantitative estimate of drug-likeness (QED) is 0.429. The highest BCUT2D eigenvalue weighted by atomic mass is 19.4. The molecule has 4 rings (SSSR count). The SMILES string of the molecule is COc1cc(OCCOC(F)(F)F)ccc1Nc1ccnc2cc(C3=CCN(C)CC3)ccc12. The van der Waals surface area contributed by atoms with Gasteiger partial charge in [0, 0.05) is 36.4 Å². The fourth-order valence-corrected chi connectivity index (χ4v) is 3.82. The van der Waals surface area contributed by atoms with E-state index in [2.05, 4.69) is 51.3 Å². The fourth-order valence-electron chi connectivity index (χ4n) is 3.82. The van der Waals surface area contributed by atoms with Crippen LogP contribution in [0.25, 0.3) is 16.5 Å². The Morgan fingerprint density at radius 3 is 2.65 bits per heavy atom. The van der Waals surface area contributed by atoms with E-state index >= 15 is 0 Å². The zero-order valence-corrected chi connectivity index (χ0v) is 19.0. The number of hydrogen-bond donors (Lipinski definition) is 1. The summed E-state index contributed by atoms with van der Waals surface area (Å²) in [4.78, 5) is 6.83. The van der Waals surface area contributed by atoms with Gasteiger partial charge in [-0.15, -0.1) is 13.2 Å². The van der Waals surface area contributed by atoms with Crippen LogP contribution in [0.1, 0.15) is 12.0 Å². The summed E-state index contributed by atoms with van der Waals surface area (Å²) in [7, 11) is 3.63. The van der Waals surface area contributed by atoms with Gasteiger partial charge in [-0.3, -0.25) is 9.72 Å². The molecule has 0 atom stereocenters. The molecular weight excluding hydrogens is 447 g/mol. The molecule has 1 aromatic heterocycles. The summed E-state index contributed by atoms with van der Waals surface area (Å²) in [6.45, 7) is 1.15. The van der Waals surface area contributed by atoms with E-state index in [1.807, 2.05) is 6.07 Å². The lowest BCUT2D eigenvalue weighted by Crippen LogP contribution is -2.23. The molecule has 0 fully saturated rings. The summed E-state index contributed by atoms with van der Waals surface area (Å²) in [5, 5.41) is 4.33. The number of aromatic nitrogens is 1. The number of hydrogen-bond acceptors (Lipinski definition) is 6.